The predicted molar refractivity (Wildman–Crippen MR) is 63.0 cm³/mol. The van der Waals surface area contributed by atoms with E-state index in [1.165, 1.54) is 0 Å². The van der Waals surface area contributed by atoms with Crippen molar-refractivity contribution in [3.8, 4) is 0 Å². The lowest BCUT2D eigenvalue weighted by atomic mass is 10.5. The molecule has 0 atom stereocenters. The Kier molecular flexibility index (Phi) is 6.69. The van der Waals surface area contributed by atoms with E-state index in [9.17, 15) is 4.57 Å². The lowest BCUT2D eigenvalue weighted by Crippen LogP contribution is -2.25. The van der Waals surface area contributed by atoms with Crippen LogP contribution in [0.25, 0.3) is 0 Å². The van der Waals surface area contributed by atoms with Crippen LogP contribution in [0.4, 0.5) is 0 Å². The molecule has 0 spiro atoms. The van der Waals surface area contributed by atoms with Crippen molar-refractivity contribution in [2.45, 2.75) is 53.8 Å². The molecule has 0 amide bonds. The van der Waals surface area contributed by atoms with Gasteiger partial charge in [-0.2, -0.15) is 0 Å². The monoisotopic (exact) mass is 237 g/mol. The second-order valence-electron chi connectivity index (χ2n) is 3.92. The first-order chi connectivity index (χ1) is 6.85. The van der Waals surface area contributed by atoms with Crippen LogP contribution in [-0.4, -0.2) is 30.0 Å². The maximum Gasteiger partial charge on any atom is 0.408 e. The molecule has 0 aliphatic heterocycles. The summed E-state index contributed by atoms with van der Waals surface area (Å²) in [6.45, 7) is 12.7. The van der Waals surface area contributed by atoms with Crippen molar-refractivity contribution in [3.05, 3.63) is 0 Å². The van der Waals surface area contributed by atoms with E-state index in [0.29, 0.717) is 13.1 Å². The SMILES string of the molecule is CCN(CC)P(=O)(OC(C)C)OC(C)C. The quantitative estimate of drug-likeness (QED) is 0.637. The number of hydrogen-bond acceptors (Lipinski definition) is 3. The van der Waals surface area contributed by atoms with E-state index in [2.05, 4.69) is 0 Å². The summed E-state index contributed by atoms with van der Waals surface area (Å²) in [4.78, 5) is 0. The van der Waals surface area contributed by atoms with E-state index in [1.807, 2.05) is 41.5 Å². The maximum absolute atomic E-state index is 12.5. The van der Waals surface area contributed by atoms with Crippen LogP contribution in [0, 0.1) is 0 Å². The molecule has 0 fully saturated rings. The van der Waals surface area contributed by atoms with E-state index < -0.39 is 7.75 Å². The minimum Gasteiger partial charge on any atom is -0.294 e. The Bertz CT molecular complexity index is 201. The van der Waals surface area contributed by atoms with Crippen molar-refractivity contribution < 1.29 is 13.6 Å². The van der Waals surface area contributed by atoms with Crippen LogP contribution in [0.15, 0.2) is 0 Å². The third-order valence-electron chi connectivity index (χ3n) is 1.76. The highest BCUT2D eigenvalue weighted by Crippen LogP contribution is 2.53. The third kappa shape index (κ3) is 5.12. The van der Waals surface area contributed by atoms with E-state index in [1.54, 1.807) is 4.67 Å². The molecule has 0 rings (SSSR count). The molecule has 0 aliphatic carbocycles. The maximum atomic E-state index is 12.5. The highest BCUT2D eigenvalue weighted by molar-refractivity contribution is 7.51. The number of nitrogens with zero attached hydrogens (tertiary/aromatic N) is 1. The van der Waals surface area contributed by atoms with Gasteiger partial charge in [0.25, 0.3) is 0 Å². The zero-order chi connectivity index (χ0) is 12.1. The Morgan fingerprint density at radius 3 is 1.53 bits per heavy atom. The summed E-state index contributed by atoms with van der Waals surface area (Å²) in [6.07, 6.45) is -0.203. The molecular formula is C10H24NO3P. The van der Waals surface area contributed by atoms with Crippen LogP contribution in [0.5, 0.6) is 0 Å². The normalized spacial score (nSPS) is 13.1. The molecule has 0 N–H and O–H groups in total. The van der Waals surface area contributed by atoms with Crippen molar-refractivity contribution in [2.75, 3.05) is 13.1 Å². The molecule has 0 bridgehead atoms. The lowest BCUT2D eigenvalue weighted by molar-refractivity contribution is 0.108. The van der Waals surface area contributed by atoms with Gasteiger partial charge in [0.2, 0.25) is 0 Å². The van der Waals surface area contributed by atoms with Crippen molar-refractivity contribution in [1.82, 2.24) is 4.67 Å². The largest absolute Gasteiger partial charge is 0.408 e. The Morgan fingerprint density at radius 2 is 1.33 bits per heavy atom. The Hall–Kier alpha value is 0.110. The highest BCUT2D eigenvalue weighted by atomic mass is 31.2. The van der Waals surface area contributed by atoms with Gasteiger partial charge in [0.15, 0.2) is 0 Å². The highest BCUT2D eigenvalue weighted by Gasteiger charge is 2.33. The van der Waals surface area contributed by atoms with Gasteiger partial charge in [0.1, 0.15) is 0 Å². The van der Waals surface area contributed by atoms with Crippen LogP contribution in [0.2, 0.25) is 0 Å². The van der Waals surface area contributed by atoms with Crippen LogP contribution < -0.4 is 0 Å². The molecule has 0 aromatic rings. The molecule has 92 valence electrons. The minimum absolute atomic E-state index is 0.102. The Balaban J connectivity index is 4.74. The smallest absolute Gasteiger partial charge is 0.294 e. The molecule has 0 aliphatic rings. The molecule has 0 unspecified atom stereocenters. The van der Waals surface area contributed by atoms with Gasteiger partial charge in [-0.15, -0.1) is 0 Å². The average Bonchev–Trinajstić information content (AvgIpc) is 2.01. The van der Waals surface area contributed by atoms with E-state index >= 15 is 0 Å². The topological polar surface area (TPSA) is 38.8 Å². The Labute approximate surface area is 93.5 Å². The third-order valence-corrected chi connectivity index (χ3v) is 4.40. The molecule has 4 nitrogen and oxygen atoms in total. The molecule has 0 radical (unpaired) electrons. The standard InChI is InChI=1S/C10H24NO3P/c1-7-11(8-2)15(12,13-9(3)4)14-10(5)6/h9-10H,7-8H2,1-6H3. The summed E-state index contributed by atoms with van der Waals surface area (Å²) < 4.78 is 25.1. The van der Waals surface area contributed by atoms with Gasteiger partial charge >= 0.3 is 7.75 Å². The molecule has 15 heavy (non-hydrogen) atoms. The van der Waals surface area contributed by atoms with Crippen LogP contribution in [0.3, 0.4) is 0 Å². The summed E-state index contributed by atoms with van der Waals surface area (Å²) in [5, 5.41) is 0. The van der Waals surface area contributed by atoms with Gasteiger partial charge in [-0.1, -0.05) is 13.8 Å². The molecule has 5 heteroatoms. The molecule has 0 saturated carbocycles. The van der Waals surface area contributed by atoms with Crippen LogP contribution >= 0.6 is 7.75 Å². The van der Waals surface area contributed by atoms with Crippen LogP contribution in [-0.2, 0) is 13.6 Å². The Morgan fingerprint density at radius 1 is 1.00 bits per heavy atom. The van der Waals surface area contributed by atoms with E-state index in [-0.39, 0.29) is 12.2 Å². The fourth-order valence-electron chi connectivity index (χ4n) is 1.26. The molecule has 0 aromatic heterocycles. The van der Waals surface area contributed by atoms with Gasteiger partial charge in [-0.05, 0) is 27.7 Å². The zero-order valence-electron chi connectivity index (χ0n) is 10.7. The fourth-order valence-corrected chi connectivity index (χ4v) is 3.34. The van der Waals surface area contributed by atoms with Gasteiger partial charge in [-0.3, -0.25) is 9.05 Å². The summed E-state index contributed by atoms with van der Waals surface area (Å²) in [5.41, 5.74) is 0. The minimum atomic E-state index is -3.11. The van der Waals surface area contributed by atoms with Crippen molar-refractivity contribution in [2.24, 2.45) is 0 Å². The number of hydrogen-bond donors (Lipinski definition) is 0. The fraction of sp³-hybridized carbons (Fsp3) is 1.00. The van der Waals surface area contributed by atoms with Crippen molar-refractivity contribution in [1.29, 1.82) is 0 Å². The summed E-state index contributed by atoms with van der Waals surface area (Å²) in [5.74, 6) is 0. The second kappa shape index (κ2) is 6.64. The van der Waals surface area contributed by atoms with Crippen molar-refractivity contribution >= 4 is 7.75 Å². The van der Waals surface area contributed by atoms with Gasteiger partial charge < -0.3 is 0 Å². The zero-order valence-corrected chi connectivity index (χ0v) is 11.6. The second-order valence-corrected chi connectivity index (χ2v) is 5.84. The first-order valence-electron chi connectivity index (χ1n) is 5.58. The van der Waals surface area contributed by atoms with Crippen molar-refractivity contribution in [3.63, 3.8) is 0 Å². The average molecular weight is 237 g/mol. The van der Waals surface area contributed by atoms with E-state index in [4.69, 9.17) is 9.05 Å². The first kappa shape index (κ1) is 15.1. The molecular weight excluding hydrogens is 213 g/mol. The van der Waals surface area contributed by atoms with Gasteiger partial charge in [0, 0.05) is 13.1 Å². The molecule has 0 aromatic carbocycles. The molecule has 0 heterocycles. The van der Waals surface area contributed by atoms with Crippen LogP contribution in [0.1, 0.15) is 41.5 Å². The van der Waals surface area contributed by atoms with Gasteiger partial charge in [0.05, 0.1) is 12.2 Å². The lowest BCUT2D eigenvalue weighted by Gasteiger charge is -2.30. The first-order valence-corrected chi connectivity index (χ1v) is 7.07. The predicted octanol–water partition coefficient (Wildman–Crippen LogP) is 3.29. The summed E-state index contributed by atoms with van der Waals surface area (Å²) in [7, 11) is -3.11. The number of rotatable bonds is 7. The molecule has 0 saturated heterocycles. The summed E-state index contributed by atoms with van der Waals surface area (Å²) in [6, 6.07) is 0. The van der Waals surface area contributed by atoms with Gasteiger partial charge in [-0.25, -0.2) is 9.24 Å². The summed E-state index contributed by atoms with van der Waals surface area (Å²) >= 11 is 0. The van der Waals surface area contributed by atoms with E-state index in [0.717, 1.165) is 0 Å².